The third-order valence-electron chi connectivity index (χ3n) is 4.41. The highest BCUT2D eigenvalue weighted by atomic mass is 16.5. The zero-order valence-electron chi connectivity index (χ0n) is 15.1. The van der Waals surface area contributed by atoms with Crippen LogP contribution in [-0.4, -0.2) is 61.2 Å². The maximum atomic E-state index is 12.5. The SMILES string of the molecule is COc1ccc(NC(=O)N2CCN(Cc3ccccn3)CC2)cc1OC. The van der Waals surface area contributed by atoms with Crippen LogP contribution in [0.3, 0.4) is 0 Å². The molecular formula is C19H24N4O3. The van der Waals surface area contributed by atoms with Crippen LogP contribution >= 0.6 is 0 Å². The van der Waals surface area contributed by atoms with Crippen LogP contribution in [0.4, 0.5) is 10.5 Å². The number of amides is 2. The smallest absolute Gasteiger partial charge is 0.321 e. The molecule has 1 N–H and O–H groups in total. The summed E-state index contributed by atoms with van der Waals surface area (Å²) in [5.41, 5.74) is 1.74. The molecular weight excluding hydrogens is 332 g/mol. The molecule has 1 saturated heterocycles. The highest BCUT2D eigenvalue weighted by Crippen LogP contribution is 2.29. The normalized spacial score (nSPS) is 14.8. The van der Waals surface area contributed by atoms with Gasteiger partial charge in [-0.1, -0.05) is 6.07 Å². The van der Waals surface area contributed by atoms with Gasteiger partial charge in [0.1, 0.15) is 0 Å². The van der Waals surface area contributed by atoms with E-state index >= 15 is 0 Å². The lowest BCUT2D eigenvalue weighted by atomic mass is 10.2. The van der Waals surface area contributed by atoms with Crippen LogP contribution in [0.15, 0.2) is 42.6 Å². The number of rotatable bonds is 5. The van der Waals surface area contributed by atoms with E-state index in [9.17, 15) is 4.79 Å². The quantitative estimate of drug-likeness (QED) is 0.891. The van der Waals surface area contributed by atoms with Gasteiger partial charge in [0, 0.05) is 50.7 Å². The second kappa shape index (κ2) is 8.53. The predicted octanol–water partition coefficient (Wildman–Crippen LogP) is 2.45. The molecule has 2 heterocycles. The van der Waals surface area contributed by atoms with E-state index in [0.717, 1.165) is 25.3 Å². The minimum atomic E-state index is -0.102. The summed E-state index contributed by atoms with van der Waals surface area (Å²) >= 11 is 0. The van der Waals surface area contributed by atoms with Crippen molar-refractivity contribution in [2.24, 2.45) is 0 Å². The number of ether oxygens (including phenoxy) is 2. The van der Waals surface area contributed by atoms with Crippen LogP contribution in [0, 0.1) is 0 Å². The van der Waals surface area contributed by atoms with Crippen molar-refractivity contribution in [1.82, 2.24) is 14.8 Å². The van der Waals surface area contributed by atoms with Crippen molar-refractivity contribution in [2.75, 3.05) is 45.7 Å². The lowest BCUT2D eigenvalue weighted by molar-refractivity contribution is 0.142. The molecule has 3 rings (SSSR count). The Kier molecular flexibility index (Phi) is 5.91. The summed E-state index contributed by atoms with van der Waals surface area (Å²) in [6, 6.07) is 11.2. The van der Waals surface area contributed by atoms with Gasteiger partial charge in [0.25, 0.3) is 0 Å². The largest absolute Gasteiger partial charge is 0.493 e. The summed E-state index contributed by atoms with van der Waals surface area (Å²) in [7, 11) is 3.16. The van der Waals surface area contributed by atoms with Gasteiger partial charge in [-0.25, -0.2) is 4.79 Å². The van der Waals surface area contributed by atoms with Gasteiger partial charge >= 0.3 is 6.03 Å². The van der Waals surface area contributed by atoms with Gasteiger partial charge in [-0.15, -0.1) is 0 Å². The Bertz CT molecular complexity index is 731. The Morgan fingerprint density at radius 2 is 1.85 bits per heavy atom. The fourth-order valence-corrected chi connectivity index (χ4v) is 2.95. The first kappa shape index (κ1) is 18.0. The van der Waals surface area contributed by atoms with Crippen LogP contribution in [0.25, 0.3) is 0 Å². The average molecular weight is 356 g/mol. The summed E-state index contributed by atoms with van der Waals surface area (Å²) in [6.45, 7) is 3.84. The standard InChI is InChI=1S/C19H24N4O3/c1-25-17-7-6-15(13-18(17)26-2)21-19(24)23-11-9-22(10-12-23)14-16-5-3-4-8-20-16/h3-8,13H,9-12,14H2,1-2H3,(H,21,24). The molecule has 26 heavy (non-hydrogen) atoms. The van der Waals surface area contributed by atoms with Gasteiger partial charge in [0.05, 0.1) is 19.9 Å². The Morgan fingerprint density at radius 3 is 2.50 bits per heavy atom. The molecule has 0 unspecified atom stereocenters. The molecule has 1 fully saturated rings. The molecule has 1 aliphatic rings. The number of carbonyl (C=O) groups is 1. The van der Waals surface area contributed by atoms with Crippen molar-refractivity contribution in [2.45, 2.75) is 6.54 Å². The van der Waals surface area contributed by atoms with Gasteiger partial charge in [0.2, 0.25) is 0 Å². The zero-order valence-corrected chi connectivity index (χ0v) is 15.1. The Morgan fingerprint density at radius 1 is 1.08 bits per heavy atom. The maximum Gasteiger partial charge on any atom is 0.321 e. The molecule has 2 amide bonds. The number of piperazine rings is 1. The van der Waals surface area contributed by atoms with Gasteiger partial charge in [-0.05, 0) is 24.3 Å². The summed E-state index contributed by atoms with van der Waals surface area (Å²) in [5, 5.41) is 2.92. The summed E-state index contributed by atoms with van der Waals surface area (Å²) < 4.78 is 10.5. The Labute approximate surface area is 153 Å². The minimum absolute atomic E-state index is 0.102. The van der Waals surface area contributed by atoms with E-state index in [1.54, 1.807) is 32.4 Å². The average Bonchev–Trinajstić information content (AvgIpc) is 2.69. The van der Waals surface area contributed by atoms with E-state index in [4.69, 9.17) is 9.47 Å². The summed E-state index contributed by atoms with van der Waals surface area (Å²) in [5.74, 6) is 1.22. The molecule has 7 nitrogen and oxygen atoms in total. The number of nitrogens with one attached hydrogen (secondary N) is 1. The molecule has 138 valence electrons. The van der Waals surface area contributed by atoms with Crippen molar-refractivity contribution in [1.29, 1.82) is 0 Å². The van der Waals surface area contributed by atoms with E-state index in [-0.39, 0.29) is 6.03 Å². The number of urea groups is 1. The first-order valence-electron chi connectivity index (χ1n) is 8.60. The first-order chi connectivity index (χ1) is 12.7. The molecule has 0 spiro atoms. The monoisotopic (exact) mass is 356 g/mol. The molecule has 2 aromatic rings. The molecule has 1 aromatic heterocycles. The Balaban J connectivity index is 1.52. The first-order valence-corrected chi connectivity index (χ1v) is 8.60. The van der Waals surface area contributed by atoms with E-state index in [0.29, 0.717) is 30.3 Å². The van der Waals surface area contributed by atoms with Gasteiger partial charge in [0.15, 0.2) is 11.5 Å². The number of nitrogens with zero attached hydrogens (tertiary/aromatic N) is 3. The third-order valence-corrected chi connectivity index (χ3v) is 4.41. The maximum absolute atomic E-state index is 12.5. The molecule has 0 atom stereocenters. The van der Waals surface area contributed by atoms with Crippen molar-refractivity contribution < 1.29 is 14.3 Å². The van der Waals surface area contributed by atoms with Gasteiger partial charge < -0.3 is 19.7 Å². The lowest BCUT2D eigenvalue weighted by Crippen LogP contribution is -2.49. The van der Waals surface area contributed by atoms with E-state index in [1.807, 2.05) is 29.3 Å². The number of benzene rings is 1. The highest BCUT2D eigenvalue weighted by Gasteiger charge is 2.21. The third kappa shape index (κ3) is 4.43. The number of methoxy groups -OCH3 is 2. The number of pyridine rings is 1. The molecule has 1 aromatic carbocycles. The van der Waals surface area contributed by atoms with Crippen LogP contribution in [0.2, 0.25) is 0 Å². The Hall–Kier alpha value is -2.80. The van der Waals surface area contributed by atoms with E-state index in [1.165, 1.54) is 0 Å². The summed E-state index contributed by atoms with van der Waals surface area (Å²) in [6.07, 6.45) is 1.81. The molecule has 0 radical (unpaired) electrons. The molecule has 0 bridgehead atoms. The fraction of sp³-hybridized carbons (Fsp3) is 0.368. The number of aromatic nitrogens is 1. The molecule has 1 aliphatic heterocycles. The molecule has 0 saturated carbocycles. The highest BCUT2D eigenvalue weighted by molar-refractivity contribution is 5.89. The van der Waals surface area contributed by atoms with E-state index in [2.05, 4.69) is 15.2 Å². The number of carbonyl (C=O) groups excluding carboxylic acids is 1. The second-order valence-corrected chi connectivity index (χ2v) is 6.08. The van der Waals surface area contributed by atoms with Crippen LogP contribution < -0.4 is 14.8 Å². The number of anilines is 1. The number of hydrogen-bond acceptors (Lipinski definition) is 5. The lowest BCUT2D eigenvalue weighted by Gasteiger charge is -2.34. The van der Waals surface area contributed by atoms with Gasteiger partial charge in [-0.2, -0.15) is 0 Å². The molecule has 7 heteroatoms. The zero-order chi connectivity index (χ0) is 18.4. The second-order valence-electron chi connectivity index (χ2n) is 6.08. The minimum Gasteiger partial charge on any atom is -0.493 e. The van der Waals surface area contributed by atoms with Crippen molar-refractivity contribution >= 4 is 11.7 Å². The predicted molar refractivity (Wildman–Crippen MR) is 99.7 cm³/mol. The van der Waals surface area contributed by atoms with E-state index < -0.39 is 0 Å². The summed E-state index contributed by atoms with van der Waals surface area (Å²) in [4.78, 5) is 21.0. The number of hydrogen-bond donors (Lipinski definition) is 1. The molecule has 0 aliphatic carbocycles. The van der Waals surface area contributed by atoms with Gasteiger partial charge in [-0.3, -0.25) is 9.88 Å². The van der Waals surface area contributed by atoms with Crippen LogP contribution in [0.5, 0.6) is 11.5 Å². The van der Waals surface area contributed by atoms with Crippen molar-refractivity contribution in [3.8, 4) is 11.5 Å². The fourth-order valence-electron chi connectivity index (χ4n) is 2.95. The van der Waals surface area contributed by atoms with Crippen molar-refractivity contribution in [3.05, 3.63) is 48.3 Å². The topological polar surface area (TPSA) is 66.9 Å². The van der Waals surface area contributed by atoms with Crippen LogP contribution in [0.1, 0.15) is 5.69 Å². The van der Waals surface area contributed by atoms with Crippen molar-refractivity contribution in [3.63, 3.8) is 0 Å². The van der Waals surface area contributed by atoms with Crippen LogP contribution in [-0.2, 0) is 6.54 Å².